The Hall–Kier alpha value is -0.880. The van der Waals surface area contributed by atoms with Crippen molar-refractivity contribution in [2.24, 2.45) is 0 Å². The quantitative estimate of drug-likeness (QED) is 0.818. The van der Waals surface area contributed by atoms with Gasteiger partial charge >= 0.3 is 0 Å². The smallest absolute Gasteiger partial charge is 0.207 e. The Morgan fingerprint density at radius 1 is 1.10 bits per heavy atom. The third kappa shape index (κ3) is 3.01. The molecule has 2 aromatic rings. The Bertz CT molecular complexity index is 761. The van der Waals surface area contributed by atoms with Crippen molar-refractivity contribution >= 4 is 37.6 Å². The third-order valence-electron chi connectivity index (χ3n) is 3.57. The minimum atomic E-state index is -3.57. The van der Waals surface area contributed by atoms with Crippen molar-refractivity contribution in [1.82, 2.24) is 4.72 Å². The second kappa shape index (κ2) is 5.72. The molecule has 1 aliphatic carbocycles. The summed E-state index contributed by atoms with van der Waals surface area (Å²) in [6.07, 6.45) is 0.810. The average molecular weight is 387 g/mol. The molecule has 0 amide bonds. The zero-order valence-electron chi connectivity index (χ0n) is 11.0. The minimum Gasteiger partial charge on any atom is -0.207 e. The van der Waals surface area contributed by atoms with Crippen LogP contribution >= 0.6 is 27.5 Å². The zero-order valence-corrected chi connectivity index (χ0v) is 14.1. The van der Waals surface area contributed by atoms with Crippen molar-refractivity contribution in [3.8, 4) is 0 Å². The van der Waals surface area contributed by atoms with E-state index >= 15 is 0 Å². The molecule has 6 heteroatoms. The van der Waals surface area contributed by atoms with Gasteiger partial charge in [-0.15, -0.1) is 0 Å². The van der Waals surface area contributed by atoms with Gasteiger partial charge in [-0.25, -0.2) is 13.1 Å². The molecule has 1 N–H and O–H groups in total. The van der Waals surface area contributed by atoms with Gasteiger partial charge in [0.15, 0.2) is 0 Å². The molecule has 2 unspecified atom stereocenters. The van der Waals surface area contributed by atoms with Crippen molar-refractivity contribution in [2.45, 2.75) is 22.2 Å². The second-order valence-corrected chi connectivity index (χ2v) is 8.30. The van der Waals surface area contributed by atoms with E-state index in [0.717, 1.165) is 12.0 Å². The lowest BCUT2D eigenvalue weighted by Gasteiger charge is -2.18. The van der Waals surface area contributed by atoms with Gasteiger partial charge in [0.2, 0.25) is 10.0 Å². The predicted octanol–water partition coefficient (Wildman–Crippen LogP) is 3.68. The second-order valence-electron chi connectivity index (χ2n) is 4.97. The summed E-state index contributed by atoms with van der Waals surface area (Å²) < 4.78 is 27.7. The molecule has 0 aliphatic heterocycles. The summed E-state index contributed by atoms with van der Waals surface area (Å²) in [5, 5.41) is 0.513. The van der Waals surface area contributed by atoms with E-state index in [9.17, 15) is 8.42 Å². The third-order valence-corrected chi connectivity index (χ3v) is 6.13. The van der Waals surface area contributed by atoms with Crippen LogP contribution in [0.4, 0.5) is 0 Å². The number of benzene rings is 2. The standard InChI is InChI=1S/C15H13BrClNO2S/c16-14-9-10-3-1-2-4-13(10)15(14)18-21(19,20)12-7-5-11(17)6-8-12/h1-8,14-15,18H,9H2. The first-order valence-corrected chi connectivity index (χ1v) is 9.25. The zero-order chi connectivity index (χ0) is 15.0. The SMILES string of the molecule is O=S(=O)(NC1c2ccccc2CC1Br)c1ccc(Cl)cc1. The van der Waals surface area contributed by atoms with Crippen LogP contribution in [0.5, 0.6) is 0 Å². The highest BCUT2D eigenvalue weighted by molar-refractivity contribution is 9.09. The van der Waals surface area contributed by atoms with Gasteiger partial charge < -0.3 is 0 Å². The summed E-state index contributed by atoms with van der Waals surface area (Å²) in [6, 6.07) is 13.8. The molecule has 0 bridgehead atoms. The number of rotatable bonds is 3. The van der Waals surface area contributed by atoms with Crippen LogP contribution in [0.2, 0.25) is 5.02 Å². The number of sulfonamides is 1. The molecule has 0 saturated carbocycles. The number of hydrogen-bond acceptors (Lipinski definition) is 2. The molecule has 3 nitrogen and oxygen atoms in total. The molecular formula is C15H13BrClNO2S. The van der Waals surface area contributed by atoms with Crippen molar-refractivity contribution < 1.29 is 8.42 Å². The summed E-state index contributed by atoms with van der Waals surface area (Å²) in [5.41, 5.74) is 2.19. The number of hydrogen-bond donors (Lipinski definition) is 1. The Kier molecular flexibility index (Phi) is 4.10. The molecule has 3 rings (SSSR count). The van der Waals surface area contributed by atoms with Gasteiger partial charge in [-0.3, -0.25) is 0 Å². The van der Waals surface area contributed by atoms with Crippen LogP contribution in [0, 0.1) is 0 Å². The van der Waals surface area contributed by atoms with Crippen LogP contribution in [0.25, 0.3) is 0 Å². The van der Waals surface area contributed by atoms with Crippen molar-refractivity contribution in [2.75, 3.05) is 0 Å². The van der Waals surface area contributed by atoms with E-state index in [0.29, 0.717) is 5.02 Å². The normalized spacial score (nSPS) is 21.2. The molecule has 110 valence electrons. The number of halogens is 2. The maximum atomic E-state index is 12.5. The Labute approximate surface area is 137 Å². The molecule has 0 heterocycles. The first kappa shape index (κ1) is 15.0. The average Bonchev–Trinajstić information content (AvgIpc) is 2.75. The summed E-state index contributed by atoms with van der Waals surface area (Å²) in [5.74, 6) is 0. The number of fused-ring (bicyclic) bond motifs is 1. The molecule has 0 aromatic heterocycles. The lowest BCUT2D eigenvalue weighted by atomic mass is 10.1. The monoisotopic (exact) mass is 385 g/mol. The molecule has 0 saturated heterocycles. The van der Waals surface area contributed by atoms with Crippen LogP contribution in [0.15, 0.2) is 53.4 Å². The molecule has 0 radical (unpaired) electrons. The lowest BCUT2D eigenvalue weighted by Crippen LogP contribution is -2.31. The molecule has 2 atom stereocenters. The first-order chi connectivity index (χ1) is 9.97. The molecular weight excluding hydrogens is 374 g/mol. The molecule has 0 spiro atoms. The van der Waals surface area contributed by atoms with Crippen LogP contribution in [-0.4, -0.2) is 13.2 Å². The first-order valence-electron chi connectivity index (χ1n) is 6.47. The van der Waals surface area contributed by atoms with Crippen LogP contribution in [-0.2, 0) is 16.4 Å². The van der Waals surface area contributed by atoms with E-state index < -0.39 is 10.0 Å². The number of nitrogens with one attached hydrogen (secondary N) is 1. The van der Waals surface area contributed by atoms with E-state index in [4.69, 9.17) is 11.6 Å². The van der Waals surface area contributed by atoms with Crippen LogP contribution in [0.1, 0.15) is 17.2 Å². The topological polar surface area (TPSA) is 46.2 Å². The van der Waals surface area contributed by atoms with Crippen molar-refractivity contribution in [3.05, 3.63) is 64.7 Å². The van der Waals surface area contributed by atoms with E-state index in [-0.39, 0.29) is 15.8 Å². The fourth-order valence-electron chi connectivity index (χ4n) is 2.53. The maximum Gasteiger partial charge on any atom is 0.241 e. The Morgan fingerprint density at radius 3 is 2.48 bits per heavy atom. The van der Waals surface area contributed by atoms with Gasteiger partial charge in [-0.05, 0) is 41.8 Å². The van der Waals surface area contributed by atoms with Crippen LogP contribution < -0.4 is 4.72 Å². The highest BCUT2D eigenvalue weighted by atomic mass is 79.9. The Morgan fingerprint density at radius 2 is 1.76 bits per heavy atom. The highest BCUT2D eigenvalue weighted by Crippen LogP contribution is 2.36. The summed E-state index contributed by atoms with van der Waals surface area (Å²) in [4.78, 5) is 0.271. The molecule has 0 fully saturated rings. The van der Waals surface area contributed by atoms with E-state index in [1.807, 2.05) is 24.3 Å². The minimum absolute atomic E-state index is 0.0528. The highest BCUT2D eigenvalue weighted by Gasteiger charge is 2.33. The molecule has 21 heavy (non-hydrogen) atoms. The van der Waals surface area contributed by atoms with E-state index in [2.05, 4.69) is 20.7 Å². The van der Waals surface area contributed by atoms with Gasteiger partial charge in [0, 0.05) is 9.85 Å². The summed E-state index contributed by atoms with van der Waals surface area (Å²) in [6.45, 7) is 0. The number of alkyl halides is 1. The summed E-state index contributed by atoms with van der Waals surface area (Å²) in [7, 11) is -3.57. The van der Waals surface area contributed by atoms with Gasteiger partial charge in [-0.2, -0.15) is 0 Å². The van der Waals surface area contributed by atoms with Gasteiger partial charge in [0.05, 0.1) is 10.9 Å². The van der Waals surface area contributed by atoms with Gasteiger partial charge in [-0.1, -0.05) is 51.8 Å². The van der Waals surface area contributed by atoms with Gasteiger partial charge in [0.1, 0.15) is 0 Å². The van der Waals surface area contributed by atoms with Crippen molar-refractivity contribution in [3.63, 3.8) is 0 Å². The largest absolute Gasteiger partial charge is 0.241 e. The molecule has 1 aliphatic rings. The van der Waals surface area contributed by atoms with Gasteiger partial charge in [0.25, 0.3) is 0 Å². The molecule has 2 aromatic carbocycles. The predicted molar refractivity (Wildman–Crippen MR) is 87.4 cm³/mol. The van der Waals surface area contributed by atoms with Crippen molar-refractivity contribution in [1.29, 1.82) is 0 Å². The fraction of sp³-hybridized carbons (Fsp3) is 0.200. The fourth-order valence-corrected chi connectivity index (χ4v) is 4.86. The van der Waals surface area contributed by atoms with E-state index in [1.54, 1.807) is 12.1 Å². The van der Waals surface area contributed by atoms with E-state index in [1.165, 1.54) is 17.7 Å². The Balaban J connectivity index is 1.91. The lowest BCUT2D eigenvalue weighted by molar-refractivity contribution is 0.559. The maximum absolute atomic E-state index is 12.5. The van der Waals surface area contributed by atoms with Crippen LogP contribution in [0.3, 0.4) is 0 Å². The summed E-state index contributed by atoms with van der Waals surface area (Å²) >= 11 is 9.37.